The average Bonchev–Trinajstić information content (AvgIpc) is 3.15. The van der Waals surface area contributed by atoms with E-state index >= 15 is 0 Å². The fourth-order valence-electron chi connectivity index (χ4n) is 2.16. The Morgan fingerprint density at radius 1 is 1.29 bits per heavy atom. The molecule has 1 N–H and O–H groups in total. The molecule has 24 heavy (non-hydrogen) atoms. The summed E-state index contributed by atoms with van der Waals surface area (Å²) in [7, 11) is 0. The van der Waals surface area contributed by atoms with Crippen molar-refractivity contribution in [1.29, 1.82) is 0 Å². The molecule has 0 spiro atoms. The van der Waals surface area contributed by atoms with Crippen LogP contribution in [0.1, 0.15) is 10.7 Å². The molecule has 0 saturated heterocycles. The maximum absolute atomic E-state index is 13.1. The lowest BCUT2D eigenvalue weighted by Crippen LogP contribution is -2.26. The fraction of sp³-hybridized carbons (Fsp3) is 0.133. The SMILES string of the molecule is O=C(Cn1c(C(F)(F)F)nc2ccccc21)N/N=C/c1cccs1. The van der Waals surface area contributed by atoms with Crippen LogP contribution in [0.5, 0.6) is 0 Å². The van der Waals surface area contributed by atoms with Gasteiger partial charge in [0.15, 0.2) is 0 Å². The first-order valence-corrected chi connectivity index (χ1v) is 7.71. The van der Waals surface area contributed by atoms with Crippen molar-refractivity contribution in [2.75, 3.05) is 0 Å². The first kappa shape index (κ1) is 16.2. The van der Waals surface area contributed by atoms with E-state index in [2.05, 4.69) is 15.5 Å². The van der Waals surface area contributed by atoms with Crippen LogP contribution in [0.15, 0.2) is 46.9 Å². The van der Waals surface area contributed by atoms with Crippen molar-refractivity contribution in [3.05, 3.63) is 52.5 Å². The van der Waals surface area contributed by atoms with E-state index in [-0.39, 0.29) is 11.0 Å². The van der Waals surface area contributed by atoms with Crippen LogP contribution in [-0.2, 0) is 17.5 Å². The summed E-state index contributed by atoms with van der Waals surface area (Å²) >= 11 is 1.42. The third kappa shape index (κ3) is 3.46. The van der Waals surface area contributed by atoms with E-state index in [0.29, 0.717) is 0 Å². The van der Waals surface area contributed by atoms with Crippen LogP contribution in [0.2, 0.25) is 0 Å². The smallest absolute Gasteiger partial charge is 0.311 e. The van der Waals surface area contributed by atoms with Crippen LogP contribution < -0.4 is 5.43 Å². The highest BCUT2D eigenvalue weighted by Crippen LogP contribution is 2.31. The predicted octanol–water partition coefficient (Wildman–Crippen LogP) is 3.27. The van der Waals surface area contributed by atoms with Gasteiger partial charge in [-0.25, -0.2) is 10.4 Å². The molecular formula is C15H11F3N4OS. The van der Waals surface area contributed by atoms with Crippen LogP contribution in [0.25, 0.3) is 11.0 Å². The molecule has 2 aromatic heterocycles. The minimum Gasteiger partial charge on any atom is -0.311 e. The largest absolute Gasteiger partial charge is 0.449 e. The van der Waals surface area contributed by atoms with Crippen molar-refractivity contribution in [3.63, 3.8) is 0 Å². The maximum atomic E-state index is 13.1. The van der Waals surface area contributed by atoms with E-state index in [9.17, 15) is 18.0 Å². The number of aromatic nitrogens is 2. The highest BCUT2D eigenvalue weighted by molar-refractivity contribution is 7.11. The lowest BCUT2D eigenvalue weighted by molar-refractivity contribution is -0.147. The Balaban J connectivity index is 1.82. The summed E-state index contributed by atoms with van der Waals surface area (Å²) in [5.74, 6) is -1.78. The lowest BCUT2D eigenvalue weighted by atomic mass is 10.3. The number of rotatable bonds is 4. The zero-order valence-corrected chi connectivity index (χ0v) is 12.9. The molecule has 0 aliphatic heterocycles. The number of hydrogen-bond donors (Lipinski definition) is 1. The van der Waals surface area contributed by atoms with E-state index in [1.807, 2.05) is 11.4 Å². The van der Waals surface area contributed by atoms with Gasteiger partial charge < -0.3 is 4.57 Å². The number of carbonyl (C=O) groups is 1. The number of alkyl halides is 3. The fourth-order valence-corrected chi connectivity index (χ4v) is 2.75. The summed E-state index contributed by atoms with van der Waals surface area (Å²) < 4.78 is 40.2. The van der Waals surface area contributed by atoms with Crippen molar-refractivity contribution < 1.29 is 18.0 Å². The molecule has 5 nitrogen and oxygen atoms in total. The number of nitrogens with one attached hydrogen (secondary N) is 1. The summed E-state index contributed by atoms with van der Waals surface area (Å²) in [4.78, 5) is 16.3. The van der Waals surface area contributed by atoms with Gasteiger partial charge in [0.2, 0.25) is 5.82 Å². The molecule has 0 fully saturated rings. The minimum atomic E-state index is -4.65. The summed E-state index contributed by atoms with van der Waals surface area (Å²) in [5, 5.41) is 5.58. The van der Waals surface area contributed by atoms with Gasteiger partial charge in [0.1, 0.15) is 6.54 Å². The monoisotopic (exact) mass is 352 g/mol. The minimum absolute atomic E-state index is 0.180. The van der Waals surface area contributed by atoms with E-state index in [1.165, 1.54) is 29.7 Å². The zero-order chi connectivity index (χ0) is 17.2. The first-order chi connectivity index (χ1) is 11.4. The number of para-hydroxylation sites is 2. The van der Waals surface area contributed by atoms with E-state index in [1.54, 1.807) is 18.2 Å². The first-order valence-electron chi connectivity index (χ1n) is 6.83. The normalized spacial score (nSPS) is 12.1. The van der Waals surface area contributed by atoms with Crippen LogP contribution in [0, 0.1) is 0 Å². The molecular weight excluding hydrogens is 341 g/mol. The predicted molar refractivity (Wildman–Crippen MR) is 84.8 cm³/mol. The number of imidazole rings is 1. The molecule has 1 amide bonds. The topological polar surface area (TPSA) is 59.3 Å². The summed E-state index contributed by atoms with van der Waals surface area (Å²) in [6.07, 6.45) is -3.22. The van der Waals surface area contributed by atoms with Gasteiger partial charge in [0.25, 0.3) is 5.91 Å². The van der Waals surface area contributed by atoms with Crippen LogP contribution >= 0.6 is 11.3 Å². The zero-order valence-electron chi connectivity index (χ0n) is 12.1. The molecule has 9 heteroatoms. The molecule has 0 aliphatic carbocycles. The Labute approximate surface area is 138 Å². The second kappa shape index (κ2) is 6.44. The van der Waals surface area contributed by atoms with Gasteiger partial charge in [0.05, 0.1) is 17.2 Å². The maximum Gasteiger partial charge on any atom is 0.449 e. The molecule has 0 atom stereocenters. The third-order valence-electron chi connectivity index (χ3n) is 3.13. The van der Waals surface area contributed by atoms with E-state index < -0.39 is 24.5 Å². The van der Waals surface area contributed by atoms with Crippen molar-refractivity contribution >= 4 is 34.5 Å². The van der Waals surface area contributed by atoms with Gasteiger partial charge in [-0.15, -0.1) is 11.3 Å². The van der Waals surface area contributed by atoms with Gasteiger partial charge >= 0.3 is 6.18 Å². The number of halogens is 3. The van der Waals surface area contributed by atoms with Crippen molar-refractivity contribution in [3.8, 4) is 0 Å². The molecule has 0 saturated carbocycles. The van der Waals surface area contributed by atoms with Crippen LogP contribution in [0.4, 0.5) is 13.2 Å². The Morgan fingerprint density at radius 2 is 2.08 bits per heavy atom. The number of hydrogen-bond acceptors (Lipinski definition) is 4. The molecule has 0 aliphatic rings. The van der Waals surface area contributed by atoms with Crippen LogP contribution in [0.3, 0.4) is 0 Å². The standard InChI is InChI=1S/C15H11F3N4OS/c16-15(17,18)14-20-11-5-1-2-6-12(11)22(14)9-13(23)21-19-8-10-4-3-7-24-10/h1-8H,9H2,(H,21,23)/b19-8+. The molecule has 1 aromatic carbocycles. The number of nitrogens with zero attached hydrogens (tertiary/aromatic N) is 3. The number of thiophene rings is 1. The van der Waals surface area contributed by atoms with Crippen LogP contribution in [-0.4, -0.2) is 21.7 Å². The number of amides is 1. The Morgan fingerprint density at radius 3 is 2.79 bits per heavy atom. The van der Waals surface area contributed by atoms with Crippen molar-refractivity contribution in [2.45, 2.75) is 12.7 Å². The highest BCUT2D eigenvalue weighted by Gasteiger charge is 2.37. The van der Waals surface area contributed by atoms with E-state index in [4.69, 9.17) is 0 Å². The van der Waals surface area contributed by atoms with Crippen molar-refractivity contribution in [1.82, 2.24) is 15.0 Å². The highest BCUT2D eigenvalue weighted by atomic mass is 32.1. The number of carbonyl (C=O) groups excluding carboxylic acids is 1. The Bertz CT molecular complexity index is 884. The molecule has 0 unspecified atom stereocenters. The number of hydrazone groups is 1. The number of fused-ring (bicyclic) bond motifs is 1. The molecule has 3 rings (SSSR count). The summed E-state index contributed by atoms with van der Waals surface area (Å²) in [5.41, 5.74) is 2.64. The Hall–Kier alpha value is -2.68. The quantitative estimate of drug-likeness (QED) is 0.579. The van der Waals surface area contributed by atoms with Crippen molar-refractivity contribution in [2.24, 2.45) is 5.10 Å². The number of benzene rings is 1. The summed E-state index contributed by atoms with van der Waals surface area (Å²) in [6.45, 7) is -0.531. The van der Waals surface area contributed by atoms with Gasteiger partial charge in [-0.05, 0) is 23.6 Å². The van der Waals surface area contributed by atoms with Gasteiger partial charge in [-0.1, -0.05) is 18.2 Å². The van der Waals surface area contributed by atoms with Gasteiger partial charge in [-0.3, -0.25) is 4.79 Å². The molecule has 0 radical (unpaired) electrons. The van der Waals surface area contributed by atoms with E-state index in [0.717, 1.165) is 9.44 Å². The second-order valence-corrected chi connectivity index (χ2v) is 5.80. The second-order valence-electron chi connectivity index (χ2n) is 4.82. The van der Waals surface area contributed by atoms with Gasteiger partial charge in [0, 0.05) is 4.88 Å². The Kier molecular flexibility index (Phi) is 4.34. The average molecular weight is 352 g/mol. The molecule has 2 heterocycles. The summed E-state index contributed by atoms with van der Waals surface area (Å²) in [6, 6.07) is 9.75. The third-order valence-corrected chi connectivity index (χ3v) is 3.94. The molecule has 3 aromatic rings. The molecule has 0 bridgehead atoms. The lowest BCUT2D eigenvalue weighted by Gasteiger charge is -2.10. The van der Waals surface area contributed by atoms with Gasteiger partial charge in [-0.2, -0.15) is 18.3 Å². The molecule has 124 valence electrons.